The lowest BCUT2D eigenvalue weighted by atomic mass is 10.2. The second-order valence-electron chi connectivity index (χ2n) is 6.78. The van der Waals surface area contributed by atoms with Gasteiger partial charge in [-0.1, -0.05) is 12.8 Å². The number of methoxy groups -OCH3 is 1. The Morgan fingerprint density at radius 3 is 2.36 bits per heavy atom. The fourth-order valence-electron chi connectivity index (χ4n) is 3.48. The van der Waals surface area contributed by atoms with Gasteiger partial charge in [-0.25, -0.2) is 4.79 Å². The monoisotopic (exact) mass is 347 g/mol. The smallest absolute Gasteiger partial charge is 0.317 e. The Kier molecular flexibility index (Phi) is 6.39. The van der Waals surface area contributed by atoms with Gasteiger partial charge >= 0.3 is 6.03 Å². The second kappa shape index (κ2) is 8.94. The third-order valence-electron chi connectivity index (χ3n) is 5.08. The van der Waals surface area contributed by atoms with E-state index in [1.54, 1.807) is 7.11 Å². The van der Waals surface area contributed by atoms with Crippen LogP contribution in [0.2, 0.25) is 0 Å². The zero-order valence-corrected chi connectivity index (χ0v) is 15.1. The maximum atomic E-state index is 12.3. The number of hydrogen-bond donors (Lipinski definition) is 1. The number of benzene rings is 1. The number of nitrogens with zero attached hydrogens (tertiary/aromatic N) is 2. The van der Waals surface area contributed by atoms with Crippen LogP contribution in [0.4, 0.5) is 4.79 Å². The van der Waals surface area contributed by atoms with Crippen molar-refractivity contribution in [3.8, 4) is 11.5 Å². The summed E-state index contributed by atoms with van der Waals surface area (Å²) in [5.74, 6) is 1.69. The Bertz CT molecular complexity index is 535. The molecule has 2 aliphatic rings. The van der Waals surface area contributed by atoms with E-state index in [1.165, 1.54) is 12.8 Å². The van der Waals surface area contributed by atoms with E-state index in [-0.39, 0.29) is 6.03 Å². The molecule has 1 aromatic rings. The molecule has 1 aliphatic carbocycles. The van der Waals surface area contributed by atoms with Crippen LogP contribution in [0.3, 0.4) is 0 Å². The van der Waals surface area contributed by atoms with Crippen molar-refractivity contribution in [3.63, 3.8) is 0 Å². The summed E-state index contributed by atoms with van der Waals surface area (Å²) in [5.41, 5.74) is 0. The summed E-state index contributed by atoms with van der Waals surface area (Å²) in [6, 6.07) is 8.15. The van der Waals surface area contributed by atoms with Gasteiger partial charge in [-0.3, -0.25) is 4.90 Å². The molecule has 1 aliphatic heterocycles. The van der Waals surface area contributed by atoms with E-state index in [2.05, 4.69) is 10.2 Å². The number of hydrogen-bond acceptors (Lipinski definition) is 4. The van der Waals surface area contributed by atoms with Crippen molar-refractivity contribution in [3.05, 3.63) is 24.3 Å². The van der Waals surface area contributed by atoms with E-state index >= 15 is 0 Å². The topological polar surface area (TPSA) is 54.0 Å². The third kappa shape index (κ3) is 5.26. The highest BCUT2D eigenvalue weighted by Gasteiger charge is 2.24. The van der Waals surface area contributed by atoms with Crippen molar-refractivity contribution < 1.29 is 14.3 Å². The van der Waals surface area contributed by atoms with Gasteiger partial charge in [-0.15, -0.1) is 0 Å². The lowest BCUT2D eigenvalue weighted by Crippen LogP contribution is -2.53. The highest BCUT2D eigenvalue weighted by atomic mass is 16.5. The highest BCUT2D eigenvalue weighted by Crippen LogP contribution is 2.18. The second-order valence-corrected chi connectivity index (χ2v) is 6.78. The molecule has 0 bridgehead atoms. The number of nitrogens with one attached hydrogen (secondary N) is 1. The highest BCUT2D eigenvalue weighted by molar-refractivity contribution is 5.74. The summed E-state index contributed by atoms with van der Waals surface area (Å²) in [7, 11) is 1.66. The molecule has 6 nitrogen and oxygen atoms in total. The summed E-state index contributed by atoms with van der Waals surface area (Å²) in [6.45, 7) is 4.93. The van der Waals surface area contributed by atoms with E-state index < -0.39 is 0 Å². The van der Waals surface area contributed by atoms with E-state index in [0.717, 1.165) is 57.1 Å². The van der Waals surface area contributed by atoms with E-state index in [0.29, 0.717) is 12.6 Å². The molecule has 1 heterocycles. The van der Waals surface area contributed by atoms with Gasteiger partial charge in [0.1, 0.15) is 18.1 Å². The fourth-order valence-corrected chi connectivity index (χ4v) is 3.48. The average Bonchev–Trinajstić information content (AvgIpc) is 3.16. The van der Waals surface area contributed by atoms with Crippen LogP contribution in [0.25, 0.3) is 0 Å². The van der Waals surface area contributed by atoms with Crippen molar-refractivity contribution in [1.29, 1.82) is 0 Å². The zero-order chi connectivity index (χ0) is 17.5. The maximum Gasteiger partial charge on any atom is 0.317 e. The minimum absolute atomic E-state index is 0.112. The summed E-state index contributed by atoms with van der Waals surface area (Å²) in [5, 5.41) is 3.17. The van der Waals surface area contributed by atoms with E-state index in [4.69, 9.17) is 9.47 Å². The van der Waals surface area contributed by atoms with Crippen LogP contribution in [0.5, 0.6) is 11.5 Å². The molecule has 1 saturated carbocycles. The number of amides is 2. The molecule has 2 fully saturated rings. The van der Waals surface area contributed by atoms with Gasteiger partial charge in [0.25, 0.3) is 0 Å². The van der Waals surface area contributed by atoms with Crippen LogP contribution < -0.4 is 14.8 Å². The van der Waals surface area contributed by atoms with Crippen LogP contribution in [-0.2, 0) is 0 Å². The molecule has 6 heteroatoms. The van der Waals surface area contributed by atoms with Crippen LogP contribution >= 0.6 is 0 Å². The standard InChI is InChI=1S/C19H29N3O3/c1-24-17-6-8-18(9-7-17)25-15-14-21-10-12-22(13-11-21)19(23)20-16-4-2-3-5-16/h6-9,16H,2-5,10-15H2,1H3,(H,20,23). The Balaban J connectivity index is 1.32. The first-order valence-electron chi connectivity index (χ1n) is 9.29. The molecule has 0 atom stereocenters. The lowest BCUT2D eigenvalue weighted by Gasteiger charge is -2.35. The normalized spacial score (nSPS) is 19.0. The fraction of sp³-hybridized carbons (Fsp3) is 0.632. The Hall–Kier alpha value is -1.95. The molecule has 2 amide bonds. The predicted octanol–water partition coefficient (Wildman–Crippen LogP) is 2.34. The van der Waals surface area contributed by atoms with Gasteiger partial charge in [-0.05, 0) is 37.1 Å². The molecule has 25 heavy (non-hydrogen) atoms. The van der Waals surface area contributed by atoms with Gasteiger partial charge in [0.2, 0.25) is 0 Å². The largest absolute Gasteiger partial charge is 0.497 e. The molecular weight excluding hydrogens is 318 g/mol. The number of urea groups is 1. The lowest BCUT2D eigenvalue weighted by molar-refractivity contribution is 0.124. The average molecular weight is 347 g/mol. The van der Waals surface area contributed by atoms with Crippen LogP contribution in [0.15, 0.2) is 24.3 Å². The predicted molar refractivity (Wildman–Crippen MR) is 97.3 cm³/mol. The van der Waals surface area contributed by atoms with Crippen molar-refractivity contribution in [2.24, 2.45) is 0 Å². The number of ether oxygens (including phenoxy) is 2. The molecule has 1 saturated heterocycles. The molecule has 1 N–H and O–H groups in total. The maximum absolute atomic E-state index is 12.3. The van der Waals surface area contributed by atoms with E-state index in [1.807, 2.05) is 29.2 Å². The Morgan fingerprint density at radius 2 is 1.72 bits per heavy atom. The summed E-state index contributed by atoms with van der Waals surface area (Å²) < 4.78 is 10.9. The number of piperazine rings is 1. The van der Waals surface area contributed by atoms with Crippen LogP contribution in [0, 0.1) is 0 Å². The van der Waals surface area contributed by atoms with Crippen molar-refractivity contribution in [2.75, 3.05) is 46.4 Å². The first kappa shape index (κ1) is 17.9. The number of carbonyl (C=O) groups excluding carboxylic acids is 1. The van der Waals surface area contributed by atoms with Crippen LogP contribution in [-0.4, -0.2) is 68.3 Å². The summed E-state index contributed by atoms with van der Waals surface area (Å²) >= 11 is 0. The molecule has 0 aromatic heterocycles. The molecule has 0 spiro atoms. The first-order valence-corrected chi connectivity index (χ1v) is 9.29. The Labute approximate surface area is 150 Å². The molecule has 0 unspecified atom stereocenters. The van der Waals surface area contributed by atoms with Crippen molar-refractivity contribution >= 4 is 6.03 Å². The number of carbonyl (C=O) groups is 1. The quantitative estimate of drug-likeness (QED) is 0.858. The van der Waals surface area contributed by atoms with E-state index in [9.17, 15) is 4.79 Å². The van der Waals surface area contributed by atoms with Gasteiger partial charge in [-0.2, -0.15) is 0 Å². The molecule has 138 valence electrons. The van der Waals surface area contributed by atoms with Gasteiger partial charge in [0.15, 0.2) is 0 Å². The summed E-state index contributed by atoms with van der Waals surface area (Å²) in [4.78, 5) is 16.6. The molecular formula is C19H29N3O3. The van der Waals surface area contributed by atoms with Gasteiger partial charge in [0.05, 0.1) is 7.11 Å². The van der Waals surface area contributed by atoms with Crippen LogP contribution in [0.1, 0.15) is 25.7 Å². The van der Waals surface area contributed by atoms with Gasteiger partial charge in [0, 0.05) is 38.8 Å². The minimum Gasteiger partial charge on any atom is -0.497 e. The zero-order valence-electron chi connectivity index (χ0n) is 15.1. The third-order valence-corrected chi connectivity index (χ3v) is 5.08. The number of rotatable bonds is 6. The van der Waals surface area contributed by atoms with Crippen molar-refractivity contribution in [2.45, 2.75) is 31.7 Å². The minimum atomic E-state index is 0.112. The molecule has 0 radical (unpaired) electrons. The Morgan fingerprint density at radius 1 is 1.08 bits per heavy atom. The SMILES string of the molecule is COc1ccc(OCCN2CCN(C(=O)NC3CCCC3)CC2)cc1. The molecule has 3 rings (SSSR count). The first-order chi connectivity index (χ1) is 12.2. The molecule has 1 aromatic carbocycles. The van der Waals surface area contributed by atoms with Gasteiger partial charge < -0.3 is 19.7 Å². The van der Waals surface area contributed by atoms with Crippen molar-refractivity contribution in [1.82, 2.24) is 15.1 Å². The summed E-state index contributed by atoms with van der Waals surface area (Å²) in [6.07, 6.45) is 4.75.